The lowest BCUT2D eigenvalue weighted by Crippen LogP contribution is -2.17. The van der Waals surface area contributed by atoms with Crippen LogP contribution in [0.15, 0.2) is 35.9 Å². The molecule has 2 aliphatic carbocycles. The molecule has 0 amide bonds. The number of nitrogens with zero attached hydrogens (tertiary/aromatic N) is 1. The van der Waals surface area contributed by atoms with Crippen LogP contribution in [0.25, 0.3) is 0 Å². The Morgan fingerprint density at radius 1 is 1.08 bits per heavy atom. The number of rotatable bonds is 7. The van der Waals surface area contributed by atoms with Crippen molar-refractivity contribution in [3.05, 3.63) is 47.0 Å². The molecule has 1 fully saturated rings. The van der Waals surface area contributed by atoms with E-state index >= 15 is 0 Å². The number of aryl methyl sites for hydroxylation is 1. The zero-order chi connectivity index (χ0) is 17.1. The van der Waals surface area contributed by atoms with Crippen LogP contribution in [0.5, 0.6) is 0 Å². The summed E-state index contributed by atoms with van der Waals surface area (Å²) in [5.74, 6) is 1.56. The average molecular weight is 328 g/mol. The fourth-order valence-electron chi connectivity index (χ4n) is 4.70. The van der Waals surface area contributed by atoms with E-state index in [4.69, 9.17) is 0 Å². The number of fused-ring (bicyclic) bond motifs is 1. The van der Waals surface area contributed by atoms with E-state index in [2.05, 4.69) is 56.3 Å². The first-order chi connectivity index (χ1) is 11.5. The number of hydrogen-bond donors (Lipinski definition) is 1. The lowest BCUT2D eigenvalue weighted by atomic mass is 9.84. The Labute approximate surface area is 147 Å². The van der Waals surface area contributed by atoms with E-state index in [0.717, 1.165) is 6.42 Å². The largest absolute Gasteiger partial charge is 0.392 e. The minimum Gasteiger partial charge on any atom is -0.392 e. The van der Waals surface area contributed by atoms with E-state index in [0.29, 0.717) is 17.8 Å². The summed E-state index contributed by atoms with van der Waals surface area (Å²) in [6, 6.07) is 8.82. The first-order valence-corrected chi connectivity index (χ1v) is 9.63. The normalized spacial score (nSPS) is 29.1. The van der Waals surface area contributed by atoms with Gasteiger partial charge in [0.05, 0.1) is 6.10 Å². The number of unbranched alkanes of at least 4 members (excludes halogenated alkanes) is 2. The molecule has 0 heterocycles. The van der Waals surface area contributed by atoms with Gasteiger partial charge in [-0.3, -0.25) is 0 Å². The summed E-state index contributed by atoms with van der Waals surface area (Å²) >= 11 is 0. The van der Waals surface area contributed by atoms with Gasteiger partial charge in [0.1, 0.15) is 0 Å². The second-order valence-electron chi connectivity index (χ2n) is 8.21. The van der Waals surface area contributed by atoms with Crippen LogP contribution >= 0.6 is 0 Å². The molecule has 0 aliphatic heterocycles. The van der Waals surface area contributed by atoms with Crippen LogP contribution in [0.3, 0.4) is 0 Å². The van der Waals surface area contributed by atoms with Crippen molar-refractivity contribution in [3.63, 3.8) is 0 Å². The van der Waals surface area contributed by atoms with Gasteiger partial charge in [0, 0.05) is 5.92 Å². The average Bonchev–Trinajstić information content (AvgIpc) is 3.04. The highest BCUT2D eigenvalue weighted by Gasteiger charge is 2.44. The molecule has 4 atom stereocenters. The molecule has 1 aromatic rings. The van der Waals surface area contributed by atoms with Crippen molar-refractivity contribution in [2.75, 3.05) is 20.6 Å². The molecule has 2 aliphatic rings. The van der Waals surface area contributed by atoms with Gasteiger partial charge < -0.3 is 10.0 Å². The molecule has 0 spiro atoms. The van der Waals surface area contributed by atoms with Gasteiger partial charge in [-0.2, -0.15) is 0 Å². The smallest absolute Gasteiger partial charge is 0.0617 e. The Hall–Kier alpha value is -1.12. The molecule has 1 aromatic carbocycles. The number of allylic oxidation sites excluding steroid dienone is 2. The lowest BCUT2D eigenvalue weighted by molar-refractivity contribution is 0.153. The van der Waals surface area contributed by atoms with Crippen LogP contribution in [0.1, 0.15) is 55.6 Å². The van der Waals surface area contributed by atoms with E-state index in [1.807, 2.05) is 0 Å². The van der Waals surface area contributed by atoms with Crippen molar-refractivity contribution in [1.82, 2.24) is 4.90 Å². The highest BCUT2D eigenvalue weighted by atomic mass is 16.3. The zero-order valence-corrected chi connectivity index (χ0v) is 15.5. The second kappa shape index (κ2) is 7.84. The zero-order valence-electron chi connectivity index (χ0n) is 15.5. The quantitative estimate of drug-likeness (QED) is 0.587. The molecule has 24 heavy (non-hydrogen) atoms. The van der Waals surface area contributed by atoms with Gasteiger partial charge in [-0.05, 0) is 77.1 Å². The van der Waals surface area contributed by atoms with Crippen molar-refractivity contribution in [1.29, 1.82) is 0 Å². The highest BCUT2D eigenvalue weighted by molar-refractivity contribution is 5.31. The Balaban J connectivity index is 1.54. The van der Waals surface area contributed by atoms with E-state index < -0.39 is 0 Å². The molecule has 2 nitrogen and oxygen atoms in total. The van der Waals surface area contributed by atoms with Gasteiger partial charge in [0.15, 0.2) is 0 Å². The van der Waals surface area contributed by atoms with Crippen molar-refractivity contribution in [2.24, 2.45) is 11.8 Å². The lowest BCUT2D eigenvalue weighted by Gasteiger charge is -2.22. The van der Waals surface area contributed by atoms with E-state index in [1.54, 1.807) is 5.57 Å². The minimum absolute atomic E-state index is 0.166. The summed E-state index contributed by atoms with van der Waals surface area (Å²) < 4.78 is 0. The highest BCUT2D eigenvalue weighted by Crippen LogP contribution is 2.51. The monoisotopic (exact) mass is 327 g/mol. The van der Waals surface area contributed by atoms with Gasteiger partial charge >= 0.3 is 0 Å². The van der Waals surface area contributed by atoms with Crippen LogP contribution in [-0.2, 0) is 0 Å². The summed E-state index contributed by atoms with van der Waals surface area (Å²) in [5.41, 5.74) is 4.28. The summed E-state index contributed by atoms with van der Waals surface area (Å²) in [7, 11) is 4.30. The molecule has 1 N–H and O–H groups in total. The predicted molar refractivity (Wildman–Crippen MR) is 101 cm³/mol. The Kier molecular flexibility index (Phi) is 5.78. The van der Waals surface area contributed by atoms with E-state index in [-0.39, 0.29) is 6.10 Å². The van der Waals surface area contributed by atoms with Crippen LogP contribution in [0, 0.1) is 18.8 Å². The van der Waals surface area contributed by atoms with Crippen LogP contribution in [0.4, 0.5) is 0 Å². The van der Waals surface area contributed by atoms with Gasteiger partial charge in [-0.25, -0.2) is 0 Å². The maximum absolute atomic E-state index is 10.6. The Morgan fingerprint density at radius 3 is 2.54 bits per heavy atom. The van der Waals surface area contributed by atoms with Gasteiger partial charge in [-0.15, -0.1) is 0 Å². The first-order valence-electron chi connectivity index (χ1n) is 9.63. The molecule has 0 unspecified atom stereocenters. The van der Waals surface area contributed by atoms with Gasteiger partial charge in [0.25, 0.3) is 0 Å². The second-order valence-corrected chi connectivity index (χ2v) is 8.21. The Bertz CT molecular complexity index is 560. The SMILES string of the molecule is Cc1ccc([C@H]2[C@H]3CC(CCCCCN(C)C)=C[C@H]3C[C@H]2O)cc1. The van der Waals surface area contributed by atoms with Crippen molar-refractivity contribution >= 4 is 0 Å². The molecule has 132 valence electrons. The number of aliphatic hydroxyl groups excluding tert-OH is 1. The summed E-state index contributed by atoms with van der Waals surface area (Å²) in [6.07, 6.45) is 9.70. The summed E-state index contributed by atoms with van der Waals surface area (Å²) in [4.78, 5) is 2.27. The van der Waals surface area contributed by atoms with Gasteiger partial charge in [-0.1, -0.05) is 47.9 Å². The third-order valence-electron chi connectivity index (χ3n) is 5.95. The predicted octanol–water partition coefficient (Wildman–Crippen LogP) is 4.53. The Morgan fingerprint density at radius 2 is 1.83 bits per heavy atom. The molecule has 0 bridgehead atoms. The summed E-state index contributed by atoms with van der Waals surface area (Å²) in [5, 5.41) is 10.6. The van der Waals surface area contributed by atoms with Crippen LogP contribution < -0.4 is 0 Å². The van der Waals surface area contributed by atoms with E-state index in [9.17, 15) is 5.11 Å². The van der Waals surface area contributed by atoms with Crippen LogP contribution in [0.2, 0.25) is 0 Å². The molecule has 3 rings (SSSR count). The number of hydrogen-bond acceptors (Lipinski definition) is 2. The van der Waals surface area contributed by atoms with E-state index in [1.165, 1.54) is 49.8 Å². The maximum Gasteiger partial charge on any atom is 0.0617 e. The van der Waals surface area contributed by atoms with Gasteiger partial charge in [0.2, 0.25) is 0 Å². The fraction of sp³-hybridized carbons (Fsp3) is 0.636. The standard InChI is InChI=1S/C22H33NO/c1-16-8-10-18(11-9-16)22-20-14-17(13-19(20)15-21(22)24)7-5-4-6-12-23(2)3/h8-11,13,19-22,24H,4-7,12,14-15H2,1-3H3/t19-,20-,21+,22-/m0/s1. The first kappa shape index (κ1) is 17.7. The summed E-state index contributed by atoms with van der Waals surface area (Å²) in [6.45, 7) is 3.33. The van der Waals surface area contributed by atoms with Crippen molar-refractivity contribution < 1.29 is 5.11 Å². The molecular formula is C22H33NO. The molecule has 2 heteroatoms. The van der Waals surface area contributed by atoms with Crippen molar-refractivity contribution in [2.45, 2.75) is 57.5 Å². The number of aliphatic hydroxyl groups is 1. The van der Waals surface area contributed by atoms with Crippen LogP contribution in [-0.4, -0.2) is 36.8 Å². The molecule has 0 saturated heterocycles. The maximum atomic E-state index is 10.6. The minimum atomic E-state index is -0.166. The van der Waals surface area contributed by atoms with Crippen molar-refractivity contribution in [3.8, 4) is 0 Å². The third-order valence-corrected chi connectivity index (χ3v) is 5.95. The molecule has 1 saturated carbocycles. The molecule has 0 aromatic heterocycles. The fourth-order valence-corrected chi connectivity index (χ4v) is 4.70. The third kappa shape index (κ3) is 4.10. The number of benzene rings is 1. The topological polar surface area (TPSA) is 23.5 Å². The molecular weight excluding hydrogens is 294 g/mol. The molecule has 0 radical (unpaired) electrons.